The minimum atomic E-state index is -0.142. The van der Waals surface area contributed by atoms with Crippen LogP contribution in [-0.4, -0.2) is 54.4 Å². The molecule has 0 bridgehead atoms. The normalized spacial score (nSPS) is 17.8. The smallest absolute Gasteiger partial charge is 0.255 e. The Labute approximate surface area is 143 Å². The highest BCUT2D eigenvalue weighted by atomic mass is 16.2. The molecule has 1 aromatic heterocycles. The second-order valence-electron chi connectivity index (χ2n) is 6.52. The molecule has 0 aromatic carbocycles. The molecule has 24 heavy (non-hydrogen) atoms. The molecule has 0 unspecified atom stereocenters. The Hall–Kier alpha value is -2.11. The third-order valence-electron chi connectivity index (χ3n) is 4.77. The second kappa shape index (κ2) is 8.13. The van der Waals surface area contributed by atoms with E-state index in [1.54, 1.807) is 12.3 Å². The largest absolute Gasteiger partial charge is 0.356 e. The topological polar surface area (TPSA) is 65.5 Å². The van der Waals surface area contributed by atoms with Gasteiger partial charge in [-0.25, -0.2) is 4.98 Å². The quantitative estimate of drug-likeness (QED) is 0.894. The Bertz CT molecular complexity index is 578. The van der Waals surface area contributed by atoms with Crippen molar-refractivity contribution in [1.29, 1.82) is 0 Å². The molecule has 0 radical (unpaired) electrons. The van der Waals surface area contributed by atoms with Crippen LogP contribution < -0.4 is 10.2 Å². The van der Waals surface area contributed by atoms with E-state index in [4.69, 9.17) is 0 Å². The number of hydrogen-bond acceptors (Lipinski definition) is 4. The maximum Gasteiger partial charge on any atom is 0.255 e. The van der Waals surface area contributed by atoms with Gasteiger partial charge in [0, 0.05) is 45.3 Å². The van der Waals surface area contributed by atoms with Crippen molar-refractivity contribution in [2.75, 3.05) is 37.6 Å². The SMILES string of the molecule is O=C(NCCC(=O)N1CCCCC1)c1cccnc1N1CCCC1. The van der Waals surface area contributed by atoms with Gasteiger partial charge >= 0.3 is 0 Å². The van der Waals surface area contributed by atoms with Gasteiger partial charge in [0.25, 0.3) is 5.91 Å². The van der Waals surface area contributed by atoms with E-state index in [-0.39, 0.29) is 11.8 Å². The van der Waals surface area contributed by atoms with Gasteiger partial charge in [-0.1, -0.05) is 0 Å². The number of anilines is 1. The molecule has 3 rings (SSSR count). The van der Waals surface area contributed by atoms with Gasteiger partial charge in [0.2, 0.25) is 5.91 Å². The first kappa shape index (κ1) is 16.7. The number of nitrogens with one attached hydrogen (secondary N) is 1. The summed E-state index contributed by atoms with van der Waals surface area (Å²) in [6.45, 7) is 3.99. The summed E-state index contributed by atoms with van der Waals surface area (Å²) in [5, 5.41) is 2.88. The van der Waals surface area contributed by atoms with Gasteiger partial charge in [-0.15, -0.1) is 0 Å². The number of likely N-dealkylation sites (tertiary alicyclic amines) is 1. The Kier molecular flexibility index (Phi) is 5.67. The number of pyridine rings is 1. The van der Waals surface area contributed by atoms with Gasteiger partial charge < -0.3 is 15.1 Å². The van der Waals surface area contributed by atoms with Crippen molar-refractivity contribution >= 4 is 17.6 Å². The van der Waals surface area contributed by atoms with Gasteiger partial charge in [0.05, 0.1) is 5.56 Å². The van der Waals surface area contributed by atoms with Crippen LogP contribution in [0.5, 0.6) is 0 Å². The summed E-state index contributed by atoms with van der Waals surface area (Å²) >= 11 is 0. The zero-order chi connectivity index (χ0) is 16.8. The second-order valence-corrected chi connectivity index (χ2v) is 6.52. The lowest BCUT2D eigenvalue weighted by Crippen LogP contribution is -2.38. The Balaban J connectivity index is 1.52. The molecular formula is C18H26N4O2. The summed E-state index contributed by atoms with van der Waals surface area (Å²) in [7, 11) is 0. The van der Waals surface area contributed by atoms with Crippen LogP contribution in [0.15, 0.2) is 18.3 Å². The lowest BCUT2D eigenvalue weighted by molar-refractivity contribution is -0.131. The van der Waals surface area contributed by atoms with E-state index in [1.165, 1.54) is 6.42 Å². The number of carbonyl (C=O) groups is 2. The van der Waals surface area contributed by atoms with Crippen LogP contribution in [0.25, 0.3) is 0 Å². The fourth-order valence-corrected chi connectivity index (χ4v) is 3.43. The zero-order valence-corrected chi connectivity index (χ0v) is 14.2. The fraction of sp³-hybridized carbons (Fsp3) is 0.611. The first-order chi connectivity index (χ1) is 11.8. The summed E-state index contributed by atoms with van der Waals surface area (Å²) in [5.74, 6) is 0.757. The number of nitrogens with zero attached hydrogens (tertiary/aromatic N) is 3. The highest BCUT2D eigenvalue weighted by Gasteiger charge is 2.21. The van der Waals surface area contributed by atoms with Crippen molar-refractivity contribution in [2.24, 2.45) is 0 Å². The summed E-state index contributed by atoms with van der Waals surface area (Å²) in [5.41, 5.74) is 0.602. The molecule has 2 fully saturated rings. The predicted octanol–water partition coefficient (Wildman–Crippen LogP) is 1.81. The molecular weight excluding hydrogens is 304 g/mol. The van der Waals surface area contributed by atoms with Crippen molar-refractivity contribution in [3.05, 3.63) is 23.9 Å². The molecule has 0 atom stereocenters. The molecule has 2 amide bonds. The standard InChI is InChI=1S/C18H26N4O2/c23-16(21-11-2-1-3-12-21)8-10-20-18(24)15-7-6-9-19-17(15)22-13-4-5-14-22/h6-7,9H,1-5,8,10-14H2,(H,20,24). The average Bonchev–Trinajstić information content (AvgIpc) is 3.17. The van der Waals surface area contributed by atoms with E-state index in [1.807, 2.05) is 11.0 Å². The number of carbonyl (C=O) groups excluding carboxylic acids is 2. The van der Waals surface area contributed by atoms with E-state index in [2.05, 4.69) is 15.2 Å². The minimum absolute atomic E-state index is 0.140. The first-order valence-corrected chi connectivity index (χ1v) is 9.01. The molecule has 0 saturated carbocycles. The number of amides is 2. The van der Waals surface area contributed by atoms with Crippen LogP contribution in [0.1, 0.15) is 48.9 Å². The van der Waals surface area contributed by atoms with E-state index >= 15 is 0 Å². The van der Waals surface area contributed by atoms with Gasteiger partial charge in [-0.2, -0.15) is 0 Å². The van der Waals surface area contributed by atoms with Crippen molar-refractivity contribution in [3.8, 4) is 0 Å². The van der Waals surface area contributed by atoms with Gasteiger partial charge in [-0.3, -0.25) is 9.59 Å². The summed E-state index contributed by atoms with van der Waals surface area (Å²) < 4.78 is 0. The minimum Gasteiger partial charge on any atom is -0.356 e. The number of hydrogen-bond donors (Lipinski definition) is 1. The Morgan fingerprint density at radius 2 is 1.75 bits per heavy atom. The van der Waals surface area contributed by atoms with Crippen molar-refractivity contribution in [3.63, 3.8) is 0 Å². The van der Waals surface area contributed by atoms with Crippen LogP contribution in [0, 0.1) is 0 Å². The fourth-order valence-electron chi connectivity index (χ4n) is 3.43. The third kappa shape index (κ3) is 4.04. The van der Waals surface area contributed by atoms with Crippen molar-refractivity contribution in [2.45, 2.75) is 38.5 Å². The average molecular weight is 330 g/mol. The first-order valence-electron chi connectivity index (χ1n) is 9.01. The van der Waals surface area contributed by atoms with Crippen LogP contribution >= 0.6 is 0 Å². The maximum absolute atomic E-state index is 12.5. The van der Waals surface area contributed by atoms with Crippen molar-refractivity contribution < 1.29 is 9.59 Å². The van der Waals surface area contributed by atoms with E-state index in [0.29, 0.717) is 18.5 Å². The maximum atomic E-state index is 12.5. The summed E-state index contributed by atoms with van der Waals surface area (Å²) in [6.07, 6.45) is 7.76. The van der Waals surface area contributed by atoms with Gasteiger partial charge in [0.15, 0.2) is 0 Å². The number of piperidine rings is 1. The van der Waals surface area contributed by atoms with Crippen LogP contribution in [0.2, 0.25) is 0 Å². The molecule has 1 aromatic rings. The molecule has 6 nitrogen and oxygen atoms in total. The molecule has 2 aliphatic rings. The molecule has 0 aliphatic carbocycles. The highest BCUT2D eigenvalue weighted by molar-refractivity contribution is 5.99. The van der Waals surface area contributed by atoms with E-state index < -0.39 is 0 Å². The highest BCUT2D eigenvalue weighted by Crippen LogP contribution is 2.21. The van der Waals surface area contributed by atoms with Gasteiger partial charge in [0.1, 0.15) is 5.82 Å². The van der Waals surface area contributed by atoms with Crippen LogP contribution in [-0.2, 0) is 4.79 Å². The predicted molar refractivity (Wildman–Crippen MR) is 93.1 cm³/mol. The zero-order valence-electron chi connectivity index (χ0n) is 14.2. The Morgan fingerprint density at radius 1 is 1.04 bits per heavy atom. The van der Waals surface area contributed by atoms with E-state index in [0.717, 1.165) is 57.7 Å². The molecule has 6 heteroatoms. The van der Waals surface area contributed by atoms with Crippen LogP contribution in [0.4, 0.5) is 5.82 Å². The summed E-state index contributed by atoms with van der Waals surface area (Å²) in [4.78, 5) is 33.1. The summed E-state index contributed by atoms with van der Waals surface area (Å²) in [6, 6.07) is 3.59. The van der Waals surface area contributed by atoms with Crippen LogP contribution in [0.3, 0.4) is 0 Å². The van der Waals surface area contributed by atoms with Gasteiger partial charge in [-0.05, 0) is 44.2 Å². The molecule has 0 spiro atoms. The van der Waals surface area contributed by atoms with E-state index in [9.17, 15) is 9.59 Å². The Morgan fingerprint density at radius 3 is 2.50 bits per heavy atom. The van der Waals surface area contributed by atoms with Crippen molar-refractivity contribution in [1.82, 2.24) is 15.2 Å². The molecule has 2 saturated heterocycles. The molecule has 3 heterocycles. The lowest BCUT2D eigenvalue weighted by Gasteiger charge is -2.26. The molecule has 2 aliphatic heterocycles. The third-order valence-corrected chi connectivity index (χ3v) is 4.77. The number of aromatic nitrogens is 1. The molecule has 1 N–H and O–H groups in total. The molecule has 130 valence electrons. The lowest BCUT2D eigenvalue weighted by atomic mass is 10.1. The monoisotopic (exact) mass is 330 g/mol. The number of rotatable bonds is 5.